The van der Waals surface area contributed by atoms with Crippen molar-refractivity contribution in [1.82, 2.24) is 15.5 Å². The fraction of sp³-hybridized carbons (Fsp3) is 0.316. The largest absolute Gasteiger partial charge is 0.354 e. The Labute approximate surface area is 166 Å². The Bertz CT molecular complexity index is 811. The highest BCUT2D eigenvalue weighted by molar-refractivity contribution is 7.98. The van der Waals surface area contributed by atoms with Gasteiger partial charge >= 0.3 is 6.03 Å². The minimum absolute atomic E-state index is 0.275. The predicted molar refractivity (Wildman–Crippen MR) is 108 cm³/mol. The molecule has 1 atom stereocenters. The van der Waals surface area contributed by atoms with Gasteiger partial charge in [0.1, 0.15) is 12.1 Å². The number of hydrogen-bond acceptors (Lipinski definition) is 5. The quantitative estimate of drug-likeness (QED) is 0.525. The molecule has 3 rings (SSSR count). The van der Waals surface area contributed by atoms with Crippen LogP contribution >= 0.6 is 23.1 Å². The van der Waals surface area contributed by atoms with E-state index in [1.807, 2.05) is 29.6 Å². The molecule has 0 radical (unpaired) electrons. The molecule has 0 spiro atoms. The number of urea groups is 1. The van der Waals surface area contributed by atoms with E-state index in [0.29, 0.717) is 12.1 Å². The molecule has 2 heterocycles. The van der Waals surface area contributed by atoms with Gasteiger partial charge in [-0.1, -0.05) is 36.4 Å². The summed E-state index contributed by atoms with van der Waals surface area (Å²) >= 11 is 3.44. The molecule has 0 aliphatic carbocycles. The summed E-state index contributed by atoms with van der Waals surface area (Å²) in [5.41, 5.74) is -0.453. The van der Waals surface area contributed by atoms with Gasteiger partial charge in [0.15, 0.2) is 0 Å². The lowest BCUT2D eigenvalue weighted by Gasteiger charge is -2.22. The number of amides is 4. The topological polar surface area (TPSA) is 78.5 Å². The molecule has 2 aromatic rings. The number of nitrogens with one attached hydrogen (secondary N) is 2. The van der Waals surface area contributed by atoms with Crippen molar-refractivity contribution in [3.05, 3.63) is 58.3 Å². The third kappa shape index (κ3) is 4.51. The van der Waals surface area contributed by atoms with Crippen LogP contribution in [0, 0.1) is 0 Å². The van der Waals surface area contributed by atoms with E-state index in [1.54, 1.807) is 42.2 Å². The number of thioether (sulfide) groups is 1. The average molecular weight is 404 g/mol. The first kappa shape index (κ1) is 19.4. The molecule has 142 valence electrons. The first-order valence-corrected chi connectivity index (χ1v) is 10.6. The van der Waals surface area contributed by atoms with Crippen molar-refractivity contribution >= 4 is 40.9 Å². The van der Waals surface area contributed by atoms with Crippen molar-refractivity contribution in [3.8, 4) is 0 Å². The van der Waals surface area contributed by atoms with Gasteiger partial charge < -0.3 is 10.6 Å². The average Bonchev–Trinajstić information content (AvgIpc) is 3.25. The fourth-order valence-electron chi connectivity index (χ4n) is 2.84. The summed E-state index contributed by atoms with van der Waals surface area (Å²) < 4.78 is 0. The highest BCUT2D eigenvalue weighted by Gasteiger charge is 2.49. The van der Waals surface area contributed by atoms with Crippen LogP contribution in [-0.2, 0) is 20.9 Å². The predicted octanol–water partition coefficient (Wildman–Crippen LogP) is 2.56. The van der Waals surface area contributed by atoms with Crippen molar-refractivity contribution in [2.45, 2.75) is 18.2 Å². The normalized spacial score (nSPS) is 19.2. The number of rotatable bonds is 8. The Morgan fingerprint density at radius 1 is 1.22 bits per heavy atom. The Morgan fingerprint density at radius 3 is 2.70 bits per heavy atom. The van der Waals surface area contributed by atoms with E-state index in [0.717, 1.165) is 16.4 Å². The Morgan fingerprint density at radius 2 is 2.00 bits per heavy atom. The molecule has 1 aromatic carbocycles. The number of thiophene rings is 1. The minimum atomic E-state index is -1.14. The highest BCUT2D eigenvalue weighted by atomic mass is 32.2. The second-order valence-electron chi connectivity index (χ2n) is 6.29. The van der Waals surface area contributed by atoms with Gasteiger partial charge in [-0.25, -0.2) is 4.79 Å². The molecule has 1 fully saturated rings. The molecule has 0 saturated carbocycles. The molecule has 4 amide bonds. The molecule has 1 aliphatic rings. The Balaban J connectivity index is 1.47. The van der Waals surface area contributed by atoms with Crippen molar-refractivity contribution in [2.75, 3.05) is 18.8 Å². The van der Waals surface area contributed by atoms with Gasteiger partial charge in [0.25, 0.3) is 5.91 Å². The molecular weight excluding hydrogens is 382 g/mol. The third-order valence-corrected chi connectivity index (χ3v) is 6.39. The van der Waals surface area contributed by atoms with Crippen molar-refractivity contribution in [3.63, 3.8) is 0 Å². The maximum Gasteiger partial charge on any atom is 0.325 e. The van der Waals surface area contributed by atoms with Crippen molar-refractivity contribution in [1.29, 1.82) is 0 Å². The van der Waals surface area contributed by atoms with Crippen LogP contribution in [-0.4, -0.2) is 41.6 Å². The summed E-state index contributed by atoms with van der Waals surface area (Å²) in [6, 6.07) is 12.6. The van der Waals surface area contributed by atoms with E-state index in [2.05, 4.69) is 16.7 Å². The SMILES string of the molecule is C[C@@]1(c2ccccc2)NC(=O)N(CC(=O)NCCSCc2cccs2)C1=O. The number of imide groups is 1. The number of hydrogen-bond donors (Lipinski definition) is 2. The van der Waals surface area contributed by atoms with Gasteiger partial charge in [0.2, 0.25) is 5.91 Å². The number of carbonyl (C=O) groups excluding carboxylic acids is 3. The van der Waals surface area contributed by atoms with Crippen LogP contribution in [0.1, 0.15) is 17.4 Å². The number of nitrogens with zero attached hydrogens (tertiary/aromatic N) is 1. The molecule has 6 nitrogen and oxygen atoms in total. The standard InChI is InChI=1S/C19H21N3O3S2/c1-19(14-6-3-2-4-7-14)17(24)22(18(25)21-19)12-16(23)20-9-11-26-13-15-8-5-10-27-15/h2-8,10H,9,11-13H2,1H3,(H,20,23)(H,21,25)/t19-/m0/s1. The fourth-order valence-corrected chi connectivity index (χ4v) is 4.54. The maximum absolute atomic E-state index is 12.7. The van der Waals surface area contributed by atoms with Gasteiger partial charge in [0, 0.05) is 22.9 Å². The van der Waals surface area contributed by atoms with Crippen LogP contribution in [0.2, 0.25) is 0 Å². The third-order valence-electron chi connectivity index (χ3n) is 4.32. The van der Waals surface area contributed by atoms with Gasteiger partial charge in [-0.05, 0) is 23.9 Å². The van der Waals surface area contributed by atoms with Crippen LogP contribution < -0.4 is 10.6 Å². The zero-order valence-electron chi connectivity index (χ0n) is 14.9. The molecule has 8 heteroatoms. The first-order valence-electron chi connectivity index (χ1n) is 8.57. The summed E-state index contributed by atoms with van der Waals surface area (Å²) in [5.74, 6) is 0.926. The smallest absolute Gasteiger partial charge is 0.325 e. The summed E-state index contributed by atoms with van der Waals surface area (Å²) in [6.45, 7) is 1.87. The van der Waals surface area contributed by atoms with E-state index in [4.69, 9.17) is 0 Å². The maximum atomic E-state index is 12.7. The van der Waals surface area contributed by atoms with Gasteiger partial charge in [-0.3, -0.25) is 14.5 Å². The zero-order chi connectivity index (χ0) is 19.3. The lowest BCUT2D eigenvalue weighted by Crippen LogP contribution is -2.43. The number of carbonyl (C=O) groups is 3. The summed E-state index contributed by atoms with van der Waals surface area (Å²) in [7, 11) is 0. The van der Waals surface area contributed by atoms with Crippen LogP contribution in [0.5, 0.6) is 0 Å². The Hall–Kier alpha value is -2.32. The molecule has 0 bridgehead atoms. The van der Waals surface area contributed by atoms with Crippen LogP contribution in [0.25, 0.3) is 0 Å². The van der Waals surface area contributed by atoms with Crippen LogP contribution in [0.3, 0.4) is 0 Å². The monoisotopic (exact) mass is 403 g/mol. The van der Waals surface area contributed by atoms with Crippen LogP contribution in [0.15, 0.2) is 47.8 Å². The van der Waals surface area contributed by atoms with E-state index in [9.17, 15) is 14.4 Å². The second kappa shape index (κ2) is 8.58. The van der Waals surface area contributed by atoms with Gasteiger partial charge in [-0.15, -0.1) is 11.3 Å². The first-order chi connectivity index (χ1) is 13.0. The van der Waals surface area contributed by atoms with E-state index < -0.39 is 17.5 Å². The molecule has 1 aliphatic heterocycles. The van der Waals surface area contributed by atoms with E-state index in [1.165, 1.54) is 4.88 Å². The molecule has 2 N–H and O–H groups in total. The van der Waals surface area contributed by atoms with Crippen LogP contribution in [0.4, 0.5) is 4.79 Å². The van der Waals surface area contributed by atoms with Crippen molar-refractivity contribution < 1.29 is 14.4 Å². The lowest BCUT2D eigenvalue weighted by atomic mass is 9.92. The summed E-state index contributed by atoms with van der Waals surface area (Å²) in [5, 5.41) is 7.51. The molecular formula is C19H21N3O3S2. The lowest BCUT2D eigenvalue weighted by molar-refractivity contribution is -0.134. The molecule has 1 saturated heterocycles. The second-order valence-corrected chi connectivity index (χ2v) is 8.43. The zero-order valence-corrected chi connectivity index (χ0v) is 16.6. The van der Waals surface area contributed by atoms with E-state index in [-0.39, 0.29) is 12.5 Å². The minimum Gasteiger partial charge on any atom is -0.354 e. The van der Waals surface area contributed by atoms with Crippen molar-refractivity contribution in [2.24, 2.45) is 0 Å². The van der Waals surface area contributed by atoms with Gasteiger partial charge in [-0.2, -0.15) is 11.8 Å². The Kier molecular flexibility index (Phi) is 6.18. The van der Waals surface area contributed by atoms with E-state index >= 15 is 0 Å². The molecule has 1 aromatic heterocycles. The summed E-state index contributed by atoms with van der Waals surface area (Å²) in [4.78, 5) is 39.4. The highest BCUT2D eigenvalue weighted by Crippen LogP contribution is 2.28. The molecule has 27 heavy (non-hydrogen) atoms. The van der Waals surface area contributed by atoms with Gasteiger partial charge in [0.05, 0.1) is 0 Å². The summed E-state index contributed by atoms with van der Waals surface area (Å²) in [6.07, 6.45) is 0. The molecule has 0 unspecified atom stereocenters. The number of benzene rings is 1.